The van der Waals surface area contributed by atoms with Crippen LogP contribution in [0, 0.1) is 6.92 Å². The van der Waals surface area contributed by atoms with Crippen molar-refractivity contribution in [1.29, 1.82) is 0 Å². The van der Waals surface area contributed by atoms with E-state index in [1.54, 1.807) is 11.3 Å². The molecule has 3 aromatic rings. The number of rotatable bonds is 3. The van der Waals surface area contributed by atoms with Gasteiger partial charge in [-0.15, -0.1) is 0 Å². The van der Waals surface area contributed by atoms with Crippen molar-refractivity contribution in [1.82, 2.24) is 4.98 Å². The molecule has 1 N–H and O–H groups in total. The van der Waals surface area contributed by atoms with Crippen LogP contribution in [0.4, 0.5) is 5.13 Å². The van der Waals surface area contributed by atoms with Crippen LogP contribution in [0.25, 0.3) is 10.2 Å². The normalized spacial score (nSPS) is 10.8. The molecule has 0 saturated heterocycles. The Morgan fingerprint density at radius 2 is 2.11 bits per heavy atom. The average molecular weight is 333 g/mol. The lowest BCUT2D eigenvalue weighted by Gasteiger charge is -2.03. The molecule has 0 bridgehead atoms. The molecule has 0 fully saturated rings. The quantitative estimate of drug-likeness (QED) is 0.731. The van der Waals surface area contributed by atoms with E-state index in [4.69, 9.17) is 0 Å². The standard InChI is InChI=1S/C15H13BrN2S/c1-10-3-2-4-11(7-10)9-17-15-18-13-6-5-12(16)8-14(13)19-15/h2-8H,9H2,1H3,(H,17,18). The first-order valence-electron chi connectivity index (χ1n) is 6.06. The third kappa shape index (κ3) is 2.96. The van der Waals surface area contributed by atoms with E-state index in [1.807, 2.05) is 12.1 Å². The van der Waals surface area contributed by atoms with Crippen molar-refractivity contribution >= 4 is 42.6 Å². The number of hydrogen-bond donors (Lipinski definition) is 1. The number of hydrogen-bond acceptors (Lipinski definition) is 3. The zero-order chi connectivity index (χ0) is 13.2. The van der Waals surface area contributed by atoms with Crippen LogP contribution in [0.2, 0.25) is 0 Å². The SMILES string of the molecule is Cc1cccc(CNc2nc3ccc(Br)cc3s2)c1. The first kappa shape index (κ1) is 12.6. The van der Waals surface area contributed by atoms with Crippen molar-refractivity contribution in [2.75, 3.05) is 5.32 Å². The molecule has 0 saturated carbocycles. The third-order valence-corrected chi connectivity index (χ3v) is 4.35. The second-order valence-electron chi connectivity index (χ2n) is 4.47. The van der Waals surface area contributed by atoms with Crippen LogP contribution >= 0.6 is 27.3 Å². The van der Waals surface area contributed by atoms with Gasteiger partial charge in [0.25, 0.3) is 0 Å². The van der Waals surface area contributed by atoms with Crippen molar-refractivity contribution in [3.8, 4) is 0 Å². The van der Waals surface area contributed by atoms with Gasteiger partial charge in [0.15, 0.2) is 5.13 Å². The van der Waals surface area contributed by atoms with Crippen LogP contribution in [0.3, 0.4) is 0 Å². The van der Waals surface area contributed by atoms with Gasteiger partial charge in [0.1, 0.15) is 0 Å². The highest BCUT2D eigenvalue weighted by Gasteiger charge is 2.03. The number of nitrogens with zero attached hydrogens (tertiary/aromatic N) is 1. The van der Waals surface area contributed by atoms with E-state index in [-0.39, 0.29) is 0 Å². The summed E-state index contributed by atoms with van der Waals surface area (Å²) in [4.78, 5) is 4.58. The van der Waals surface area contributed by atoms with Crippen molar-refractivity contribution in [3.63, 3.8) is 0 Å². The second-order valence-corrected chi connectivity index (χ2v) is 6.42. The predicted molar refractivity (Wildman–Crippen MR) is 85.8 cm³/mol. The number of benzene rings is 2. The van der Waals surface area contributed by atoms with Gasteiger partial charge in [0.05, 0.1) is 10.2 Å². The van der Waals surface area contributed by atoms with Crippen LogP contribution < -0.4 is 5.32 Å². The molecule has 2 aromatic carbocycles. The molecule has 0 amide bonds. The maximum Gasteiger partial charge on any atom is 0.184 e. The van der Waals surface area contributed by atoms with E-state index in [0.717, 1.165) is 21.7 Å². The smallest absolute Gasteiger partial charge is 0.184 e. The Morgan fingerprint density at radius 1 is 1.21 bits per heavy atom. The molecule has 2 nitrogen and oxygen atoms in total. The molecule has 0 aliphatic carbocycles. The van der Waals surface area contributed by atoms with Gasteiger partial charge in [-0.25, -0.2) is 4.98 Å². The number of fused-ring (bicyclic) bond motifs is 1. The summed E-state index contributed by atoms with van der Waals surface area (Å²) in [5.74, 6) is 0. The Balaban J connectivity index is 1.78. The monoisotopic (exact) mass is 332 g/mol. The summed E-state index contributed by atoms with van der Waals surface area (Å²) in [6, 6.07) is 14.7. The van der Waals surface area contributed by atoms with Gasteiger partial charge in [-0.2, -0.15) is 0 Å². The van der Waals surface area contributed by atoms with Gasteiger partial charge in [0, 0.05) is 11.0 Å². The lowest BCUT2D eigenvalue weighted by atomic mass is 10.1. The van der Waals surface area contributed by atoms with Crippen molar-refractivity contribution in [3.05, 3.63) is 58.1 Å². The maximum absolute atomic E-state index is 4.58. The second kappa shape index (κ2) is 5.31. The minimum atomic E-state index is 0.808. The van der Waals surface area contributed by atoms with Gasteiger partial charge < -0.3 is 5.32 Å². The molecule has 96 valence electrons. The minimum absolute atomic E-state index is 0.808. The number of nitrogens with one attached hydrogen (secondary N) is 1. The summed E-state index contributed by atoms with van der Waals surface area (Å²) in [6.45, 7) is 2.92. The third-order valence-electron chi connectivity index (χ3n) is 2.88. The molecule has 0 radical (unpaired) electrons. The number of aromatic nitrogens is 1. The van der Waals surface area contributed by atoms with E-state index in [2.05, 4.69) is 63.5 Å². The average Bonchev–Trinajstić information content (AvgIpc) is 2.78. The maximum atomic E-state index is 4.58. The molecule has 3 rings (SSSR count). The van der Waals surface area contributed by atoms with E-state index >= 15 is 0 Å². The fourth-order valence-corrected chi connectivity index (χ4v) is 3.39. The largest absolute Gasteiger partial charge is 0.357 e. The first-order chi connectivity index (χ1) is 9.20. The van der Waals surface area contributed by atoms with Gasteiger partial charge in [-0.3, -0.25) is 0 Å². The Labute approximate surface area is 124 Å². The molecular formula is C15H13BrN2S. The van der Waals surface area contributed by atoms with E-state index in [0.29, 0.717) is 0 Å². The van der Waals surface area contributed by atoms with Crippen LogP contribution in [-0.2, 0) is 6.54 Å². The minimum Gasteiger partial charge on any atom is -0.357 e. The summed E-state index contributed by atoms with van der Waals surface area (Å²) < 4.78 is 2.29. The molecule has 0 aliphatic heterocycles. The molecule has 0 unspecified atom stereocenters. The molecule has 0 spiro atoms. The zero-order valence-electron chi connectivity index (χ0n) is 10.5. The molecule has 0 atom stereocenters. The summed E-state index contributed by atoms with van der Waals surface area (Å²) >= 11 is 5.17. The lowest BCUT2D eigenvalue weighted by Crippen LogP contribution is -1.98. The van der Waals surface area contributed by atoms with E-state index < -0.39 is 0 Å². The fraction of sp³-hybridized carbons (Fsp3) is 0.133. The number of aryl methyl sites for hydroxylation is 1. The molecule has 1 aromatic heterocycles. The fourth-order valence-electron chi connectivity index (χ4n) is 1.97. The van der Waals surface area contributed by atoms with Crippen LogP contribution in [-0.4, -0.2) is 4.98 Å². The van der Waals surface area contributed by atoms with Gasteiger partial charge >= 0.3 is 0 Å². The summed E-state index contributed by atoms with van der Waals surface area (Å²) in [7, 11) is 0. The highest BCUT2D eigenvalue weighted by molar-refractivity contribution is 9.10. The van der Waals surface area contributed by atoms with E-state index in [9.17, 15) is 0 Å². The molecule has 19 heavy (non-hydrogen) atoms. The van der Waals surface area contributed by atoms with Crippen molar-refractivity contribution < 1.29 is 0 Å². The Kier molecular flexibility index (Phi) is 3.53. The number of anilines is 1. The van der Waals surface area contributed by atoms with Gasteiger partial charge in [0.2, 0.25) is 0 Å². The molecule has 1 heterocycles. The van der Waals surface area contributed by atoms with Crippen LogP contribution in [0.15, 0.2) is 46.9 Å². The summed E-state index contributed by atoms with van der Waals surface area (Å²) in [6.07, 6.45) is 0. The van der Waals surface area contributed by atoms with Crippen LogP contribution in [0.1, 0.15) is 11.1 Å². The van der Waals surface area contributed by atoms with Gasteiger partial charge in [-0.05, 0) is 30.7 Å². The Bertz CT molecular complexity index is 721. The molecular weight excluding hydrogens is 320 g/mol. The summed E-state index contributed by atoms with van der Waals surface area (Å²) in [5, 5.41) is 4.36. The lowest BCUT2D eigenvalue weighted by molar-refractivity contribution is 1.13. The number of thiazole rings is 1. The molecule has 0 aliphatic rings. The highest BCUT2D eigenvalue weighted by Crippen LogP contribution is 2.28. The predicted octanol–water partition coefficient (Wildman–Crippen LogP) is 4.98. The van der Waals surface area contributed by atoms with E-state index in [1.165, 1.54) is 15.8 Å². The van der Waals surface area contributed by atoms with Gasteiger partial charge in [-0.1, -0.05) is 57.1 Å². The molecule has 4 heteroatoms. The first-order valence-corrected chi connectivity index (χ1v) is 7.67. The zero-order valence-corrected chi connectivity index (χ0v) is 12.9. The Hall–Kier alpha value is -1.39. The Morgan fingerprint density at radius 3 is 2.95 bits per heavy atom. The highest BCUT2D eigenvalue weighted by atomic mass is 79.9. The topological polar surface area (TPSA) is 24.9 Å². The summed E-state index contributed by atoms with van der Waals surface area (Å²) in [5.41, 5.74) is 3.60. The van der Waals surface area contributed by atoms with Crippen LogP contribution in [0.5, 0.6) is 0 Å². The van der Waals surface area contributed by atoms with Crippen molar-refractivity contribution in [2.45, 2.75) is 13.5 Å². The van der Waals surface area contributed by atoms with Crippen molar-refractivity contribution in [2.24, 2.45) is 0 Å². The number of halogens is 1.